The highest BCUT2D eigenvalue weighted by Crippen LogP contribution is 2.24. The van der Waals surface area contributed by atoms with Crippen molar-refractivity contribution in [3.05, 3.63) is 29.8 Å². The fourth-order valence-electron chi connectivity index (χ4n) is 2.04. The van der Waals surface area contributed by atoms with Gasteiger partial charge in [-0.25, -0.2) is 8.93 Å². The van der Waals surface area contributed by atoms with Gasteiger partial charge in [-0.3, -0.25) is 4.79 Å². The topological polar surface area (TPSA) is 64.6 Å². The first kappa shape index (κ1) is 23.4. The molecule has 9 heteroatoms. The maximum absolute atomic E-state index is 12.4. The van der Waals surface area contributed by atoms with Gasteiger partial charge in [-0.2, -0.15) is 13.2 Å². The molecule has 0 amide bonds. The van der Waals surface area contributed by atoms with Crippen molar-refractivity contribution in [2.45, 2.75) is 57.0 Å². The van der Waals surface area contributed by atoms with E-state index in [0.29, 0.717) is 11.3 Å². The van der Waals surface area contributed by atoms with E-state index < -0.39 is 40.3 Å². The second-order valence-electron chi connectivity index (χ2n) is 6.97. The summed E-state index contributed by atoms with van der Waals surface area (Å²) in [6, 6.07) is 6.04. The number of hydrogen-bond acceptors (Lipinski definition) is 4. The Balaban J connectivity index is 2.75. The first-order valence-electron chi connectivity index (χ1n) is 8.47. The fourth-order valence-corrected chi connectivity index (χ4v) is 2.87. The number of esters is 1. The summed E-state index contributed by atoms with van der Waals surface area (Å²) in [5.41, 5.74) is 0.695. The highest BCUT2D eigenvalue weighted by atomic mass is 32.2. The first-order valence-corrected chi connectivity index (χ1v) is 9.62. The summed E-state index contributed by atoms with van der Waals surface area (Å²) in [4.78, 5) is 11.7. The Kier molecular flexibility index (Phi) is 8.74. The van der Waals surface area contributed by atoms with E-state index in [1.54, 1.807) is 24.3 Å². The molecule has 0 saturated carbocycles. The lowest BCUT2D eigenvalue weighted by atomic mass is 10.0. The Hall–Kier alpha value is -1.61. The van der Waals surface area contributed by atoms with Crippen LogP contribution in [-0.2, 0) is 20.5 Å². The predicted molar refractivity (Wildman–Crippen MR) is 97.6 cm³/mol. The number of methoxy groups -OCH3 is 1. The van der Waals surface area contributed by atoms with Gasteiger partial charge < -0.3 is 9.47 Å². The van der Waals surface area contributed by atoms with Crippen LogP contribution in [0.3, 0.4) is 0 Å². The van der Waals surface area contributed by atoms with Gasteiger partial charge in [-0.1, -0.05) is 12.1 Å². The molecule has 0 aromatic heterocycles. The van der Waals surface area contributed by atoms with E-state index in [4.69, 9.17) is 9.47 Å². The van der Waals surface area contributed by atoms with Gasteiger partial charge in [0, 0.05) is 6.42 Å². The average Bonchev–Trinajstić information content (AvgIpc) is 2.56. The molecular weight excluding hydrogens is 383 g/mol. The van der Waals surface area contributed by atoms with E-state index in [9.17, 15) is 22.2 Å². The van der Waals surface area contributed by atoms with Crippen molar-refractivity contribution in [2.75, 3.05) is 13.7 Å². The number of halogens is 3. The summed E-state index contributed by atoms with van der Waals surface area (Å²) < 4.78 is 61.1. The van der Waals surface area contributed by atoms with Gasteiger partial charge in [-0.15, -0.1) is 0 Å². The molecule has 1 aromatic carbocycles. The average molecular weight is 409 g/mol. The maximum atomic E-state index is 12.4. The number of nitrogens with one attached hydrogen (secondary N) is 1. The zero-order chi connectivity index (χ0) is 20.7. The number of carbonyl (C=O) groups excluding carboxylic acids is 1. The summed E-state index contributed by atoms with van der Waals surface area (Å²) in [5.74, 6) is -0.0272. The van der Waals surface area contributed by atoms with Crippen LogP contribution >= 0.6 is 0 Å². The normalized spacial score (nSPS) is 14.5. The minimum atomic E-state index is -4.19. The smallest absolute Gasteiger partial charge is 0.389 e. The highest BCUT2D eigenvalue weighted by Gasteiger charge is 2.27. The van der Waals surface area contributed by atoms with E-state index in [-0.39, 0.29) is 19.4 Å². The summed E-state index contributed by atoms with van der Waals surface area (Å²) >= 11 is 0. The lowest BCUT2D eigenvalue weighted by Gasteiger charge is -2.24. The van der Waals surface area contributed by atoms with Gasteiger partial charge in [-0.05, 0) is 44.9 Å². The number of benzene rings is 1. The third kappa shape index (κ3) is 9.23. The largest absolute Gasteiger partial charge is 0.494 e. The van der Waals surface area contributed by atoms with Crippen LogP contribution in [0.2, 0.25) is 0 Å². The van der Waals surface area contributed by atoms with Crippen LogP contribution in [0.25, 0.3) is 0 Å². The molecule has 0 spiro atoms. The predicted octanol–water partition coefficient (Wildman–Crippen LogP) is 4.06. The molecule has 0 heterocycles. The molecule has 0 bridgehead atoms. The number of carbonyl (C=O) groups is 1. The van der Waals surface area contributed by atoms with Gasteiger partial charge in [0.25, 0.3) is 0 Å². The second-order valence-corrected chi connectivity index (χ2v) is 8.97. The number of ether oxygens (including phenoxy) is 2. The molecule has 1 aromatic rings. The molecule has 2 atom stereocenters. The number of alkyl halides is 3. The molecule has 1 rings (SSSR count). The minimum absolute atomic E-state index is 0.00982. The quantitative estimate of drug-likeness (QED) is 0.493. The van der Waals surface area contributed by atoms with Crippen molar-refractivity contribution in [3.8, 4) is 5.75 Å². The summed E-state index contributed by atoms with van der Waals surface area (Å²) in [6.45, 7) is 5.38. The third-order valence-electron chi connectivity index (χ3n) is 3.56. The molecule has 1 N–H and O–H groups in total. The van der Waals surface area contributed by atoms with Crippen molar-refractivity contribution < 1.29 is 31.6 Å². The van der Waals surface area contributed by atoms with E-state index >= 15 is 0 Å². The molecule has 0 fully saturated rings. The standard InChI is InChI=1S/C18H26F3NO4S/c1-17(2,3)27(24)22-15(12-16(23)25-4)13-6-8-14(9-7-13)26-11-5-10-18(19,20)21/h6-9,15,22H,5,10-12H2,1-4H3. The number of hydrogen-bond donors (Lipinski definition) is 1. The van der Waals surface area contributed by atoms with E-state index in [1.807, 2.05) is 20.8 Å². The Morgan fingerprint density at radius 3 is 2.26 bits per heavy atom. The van der Waals surface area contributed by atoms with Gasteiger partial charge in [0.2, 0.25) is 0 Å². The van der Waals surface area contributed by atoms with Crippen LogP contribution in [0.15, 0.2) is 24.3 Å². The van der Waals surface area contributed by atoms with E-state index in [0.717, 1.165) is 0 Å². The van der Waals surface area contributed by atoms with Crippen molar-refractivity contribution in [2.24, 2.45) is 0 Å². The first-order chi connectivity index (χ1) is 12.4. The van der Waals surface area contributed by atoms with Gasteiger partial charge in [0.1, 0.15) is 5.75 Å². The molecule has 154 valence electrons. The summed E-state index contributed by atoms with van der Waals surface area (Å²) in [6.07, 6.45) is -5.22. The minimum Gasteiger partial charge on any atom is -0.494 e. The Bertz CT molecular complexity index is 627. The molecule has 27 heavy (non-hydrogen) atoms. The molecular formula is C18H26F3NO4S. The molecule has 5 nitrogen and oxygen atoms in total. The molecule has 0 aliphatic rings. The van der Waals surface area contributed by atoms with Crippen LogP contribution in [0, 0.1) is 0 Å². The van der Waals surface area contributed by atoms with Gasteiger partial charge >= 0.3 is 12.1 Å². The van der Waals surface area contributed by atoms with Crippen molar-refractivity contribution >= 4 is 17.0 Å². The third-order valence-corrected chi connectivity index (χ3v) is 5.17. The van der Waals surface area contributed by atoms with Crippen molar-refractivity contribution in [1.29, 1.82) is 0 Å². The second kappa shape index (κ2) is 10.1. The van der Waals surface area contributed by atoms with Crippen LogP contribution in [0.5, 0.6) is 5.75 Å². The highest BCUT2D eigenvalue weighted by molar-refractivity contribution is 7.84. The van der Waals surface area contributed by atoms with Crippen LogP contribution in [0.4, 0.5) is 13.2 Å². The number of rotatable bonds is 9. The molecule has 0 saturated heterocycles. The molecule has 0 aliphatic carbocycles. The Morgan fingerprint density at radius 2 is 1.78 bits per heavy atom. The van der Waals surface area contributed by atoms with Crippen LogP contribution in [0.1, 0.15) is 51.6 Å². The summed E-state index contributed by atoms with van der Waals surface area (Å²) in [7, 11) is -0.126. The summed E-state index contributed by atoms with van der Waals surface area (Å²) in [5, 5.41) is 0. The van der Waals surface area contributed by atoms with E-state index in [2.05, 4.69) is 4.72 Å². The maximum Gasteiger partial charge on any atom is 0.389 e. The Morgan fingerprint density at radius 1 is 1.19 bits per heavy atom. The SMILES string of the molecule is COC(=O)CC(NS(=O)C(C)(C)C)c1ccc(OCCCC(F)(F)F)cc1. The van der Waals surface area contributed by atoms with Gasteiger partial charge in [0.15, 0.2) is 0 Å². The van der Waals surface area contributed by atoms with Gasteiger partial charge in [0.05, 0.1) is 41.9 Å². The van der Waals surface area contributed by atoms with Crippen molar-refractivity contribution in [1.82, 2.24) is 4.72 Å². The molecule has 2 unspecified atom stereocenters. The Labute approximate surface area is 160 Å². The van der Waals surface area contributed by atoms with E-state index in [1.165, 1.54) is 7.11 Å². The fraction of sp³-hybridized carbons (Fsp3) is 0.611. The lowest BCUT2D eigenvalue weighted by Crippen LogP contribution is -2.36. The van der Waals surface area contributed by atoms with Crippen LogP contribution in [-0.4, -0.2) is 34.8 Å². The van der Waals surface area contributed by atoms with Crippen molar-refractivity contribution in [3.63, 3.8) is 0 Å². The molecule has 0 radical (unpaired) electrons. The zero-order valence-electron chi connectivity index (χ0n) is 15.9. The van der Waals surface area contributed by atoms with Crippen LogP contribution < -0.4 is 9.46 Å². The lowest BCUT2D eigenvalue weighted by molar-refractivity contribution is -0.141. The monoisotopic (exact) mass is 409 g/mol. The zero-order valence-corrected chi connectivity index (χ0v) is 16.7. The molecule has 0 aliphatic heterocycles.